The lowest BCUT2D eigenvalue weighted by molar-refractivity contribution is -0.116. The SMILES string of the molecule is CCc1ccc(NC(=O)CCc2c(C)nc3c(c(OC)nn3C)c2C)cc1S(N)(=O)=O. The highest BCUT2D eigenvalue weighted by Gasteiger charge is 2.19. The summed E-state index contributed by atoms with van der Waals surface area (Å²) in [5, 5.41) is 13.2. The maximum atomic E-state index is 12.6. The fraction of sp³-hybridized carbons (Fsp3) is 0.381. The highest BCUT2D eigenvalue weighted by atomic mass is 32.2. The highest BCUT2D eigenvalue weighted by Crippen LogP contribution is 2.30. The van der Waals surface area contributed by atoms with E-state index < -0.39 is 10.0 Å². The van der Waals surface area contributed by atoms with E-state index in [1.54, 1.807) is 23.9 Å². The number of amides is 1. The number of anilines is 1. The van der Waals surface area contributed by atoms with E-state index in [2.05, 4.69) is 15.4 Å². The maximum Gasteiger partial charge on any atom is 0.242 e. The Morgan fingerprint density at radius 1 is 1.29 bits per heavy atom. The first-order valence-corrected chi connectivity index (χ1v) is 11.4. The molecule has 0 atom stereocenters. The lowest BCUT2D eigenvalue weighted by Gasteiger charge is -2.12. The minimum Gasteiger partial charge on any atom is -0.479 e. The van der Waals surface area contributed by atoms with Gasteiger partial charge in [0.1, 0.15) is 0 Å². The van der Waals surface area contributed by atoms with Gasteiger partial charge in [-0.25, -0.2) is 23.2 Å². The van der Waals surface area contributed by atoms with Crippen LogP contribution in [0, 0.1) is 13.8 Å². The van der Waals surface area contributed by atoms with Crippen LogP contribution in [0.2, 0.25) is 0 Å². The van der Waals surface area contributed by atoms with Gasteiger partial charge in [0.05, 0.1) is 17.4 Å². The summed E-state index contributed by atoms with van der Waals surface area (Å²) >= 11 is 0. The average molecular weight is 446 g/mol. The smallest absolute Gasteiger partial charge is 0.242 e. The average Bonchev–Trinajstić information content (AvgIpc) is 3.02. The molecule has 166 valence electrons. The molecular formula is C21H27N5O4S. The highest BCUT2D eigenvalue weighted by molar-refractivity contribution is 7.89. The Kier molecular flexibility index (Phi) is 6.33. The van der Waals surface area contributed by atoms with Crippen molar-refractivity contribution < 1.29 is 17.9 Å². The lowest BCUT2D eigenvalue weighted by Crippen LogP contribution is -2.17. The number of aryl methyl sites for hydroxylation is 4. The van der Waals surface area contributed by atoms with Crippen LogP contribution < -0.4 is 15.2 Å². The molecule has 10 heteroatoms. The molecule has 3 rings (SSSR count). The number of primary sulfonamides is 1. The molecule has 0 aliphatic carbocycles. The molecule has 0 spiro atoms. The number of nitrogens with zero attached hydrogens (tertiary/aromatic N) is 3. The molecule has 0 radical (unpaired) electrons. The Balaban J connectivity index is 1.81. The summed E-state index contributed by atoms with van der Waals surface area (Å²) in [6.45, 7) is 5.71. The van der Waals surface area contributed by atoms with Crippen molar-refractivity contribution in [3.05, 3.63) is 40.6 Å². The molecule has 2 aromatic heterocycles. The third-order valence-corrected chi connectivity index (χ3v) is 6.35. The van der Waals surface area contributed by atoms with Gasteiger partial charge in [0.25, 0.3) is 0 Å². The Bertz CT molecular complexity index is 1260. The predicted molar refractivity (Wildman–Crippen MR) is 119 cm³/mol. The van der Waals surface area contributed by atoms with E-state index in [1.165, 1.54) is 6.07 Å². The summed E-state index contributed by atoms with van der Waals surface area (Å²) in [6.07, 6.45) is 1.20. The van der Waals surface area contributed by atoms with Gasteiger partial charge in [0.15, 0.2) is 5.65 Å². The van der Waals surface area contributed by atoms with E-state index in [0.717, 1.165) is 27.9 Å². The number of sulfonamides is 1. The number of carbonyl (C=O) groups is 1. The summed E-state index contributed by atoms with van der Waals surface area (Å²) in [5.74, 6) is 0.265. The molecule has 1 aromatic carbocycles. The van der Waals surface area contributed by atoms with Gasteiger partial charge in [-0.2, -0.15) is 0 Å². The van der Waals surface area contributed by atoms with Crippen molar-refractivity contribution >= 4 is 32.7 Å². The lowest BCUT2D eigenvalue weighted by atomic mass is 10.00. The molecule has 0 bridgehead atoms. The number of hydrogen-bond donors (Lipinski definition) is 2. The zero-order valence-corrected chi connectivity index (χ0v) is 19.1. The molecule has 0 fully saturated rings. The summed E-state index contributed by atoms with van der Waals surface area (Å²) in [5.41, 5.74) is 4.49. The van der Waals surface area contributed by atoms with Crippen molar-refractivity contribution in [3.8, 4) is 5.88 Å². The van der Waals surface area contributed by atoms with Crippen LogP contribution in [0.5, 0.6) is 5.88 Å². The van der Waals surface area contributed by atoms with Crippen LogP contribution in [0.25, 0.3) is 11.0 Å². The van der Waals surface area contributed by atoms with Crippen LogP contribution in [-0.2, 0) is 34.7 Å². The number of hydrogen-bond acceptors (Lipinski definition) is 6. The third kappa shape index (κ3) is 4.54. The number of carbonyl (C=O) groups excluding carboxylic acids is 1. The molecule has 0 saturated heterocycles. The van der Waals surface area contributed by atoms with Gasteiger partial charge in [-0.15, -0.1) is 5.10 Å². The van der Waals surface area contributed by atoms with Crippen LogP contribution >= 0.6 is 0 Å². The quantitative estimate of drug-likeness (QED) is 0.574. The molecule has 0 aliphatic heterocycles. The Morgan fingerprint density at radius 2 is 2.00 bits per heavy atom. The third-order valence-electron chi connectivity index (χ3n) is 5.36. The van der Waals surface area contributed by atoms with E-state index in [0.29, 0.717) is 30.0 Å². The maximum absolute atomic E-state index is 12.6. The summed E-state index contributed by atoms with van der Waals surface area (Å²) in [7, 11) is -0.503. The molecule has 2 heterocycles. The van der Waals surface area contributed by atoms with Gasteiger partial charge in [0, 0.05) is 24.8 Å². The standard InChI is InChI=1S/C21H27N5O4S/c1-6-14-7-8-15(11-17(14)31(22,28)29)24-18(27)10-9-16-12(2)19-20(23-13(16)3)26(4)25-21(19)30-5/h7-8,11H,6,9-10H2,1-5H3,(H,24,27)(H2,22,28,29). The molecule has 9 nitrogen and oxygen atoms in total. The van der Waals surface area contributed by atoms with Crippen molar-refractivity contribution in [1.29, 1.82) is 0 Å². The first kappa shape index (κ1) is 22.7. The van der Waals surface area contributed by atoms with Gasteiger partial charge in [-0.05, 0) is 55.5 Å². The van der Waals surface area contributed by atoms with Crippen LogP contribution in [0.1, 0.15) is 35.7 Å². The van der Waals surface area contributed by atoms with Crippen molar-refractivity contribution in [1.82, 2.24) is 14.8 Å². The number of fused-ring (bicyclic) bond motifs is 1. The molecule has 0 saturated carbocycles. The van der Waals surface area contributed by atoms with Crippen molar-refractivity contribution in [2.24, 2.45) is 12.2 Å². The molecule has 0 aliphatic rings. The second kappa shape index (κ2) is 8.64. The number of nitrogens with two attached hydrogens (primary N) is 1. The molecule has 3 N–H and O–H groups in total. The minimum atomic E-state index is -3.88. The van der Waals surface area contributed by atoms with Gasteiger partial charge in [0.2, 0.25) is 21.8 Å². The monoisotopic (exact) mass is 445 g/mol. The first-order valence-electron chi connectivity index (χ1n) is 9.89. The van der Waals surface area contributed by atoms with E-state index >= 15 is 0 Å². The topological polar surface area (TPSA) is 129 Å². The van der Waals surface area contributed by atoms with Crippen LogP contribution in [0.4, 0.5) is 5.69 Å². The van der Waals surface area contributed by atoms with E-state index in [1.807, 2.05) is 27.8 Å². The largest absolute Gasteiger partial charge is 0.479 e. The number of benzene rings is 1. The summed E-state index contributed by atoms with van der Waals surface area (Å²) < 4.78 is 30.7. The summed E-state index contributed by atoms with van der Waals surface area (Å²) in [4.78, 5) is 17.2. The van der Waals surface area contributed by atoms with Crippen molar-refractivity contribution in [3.63, 3.8) is 0 Å². The zero-order chi connectivity index (χ0) is 22.9. The number of ether oxygens (including phenoxy) is 1. The van der Waals surface area contributed by atoms with Gasteiger partial charge in [-0.1, -0.05) is 13.0 Å². The normalized spacial score (nSPS) is 11.7. The molecule has 1 amide bonds. The first-order chi connectivity index (χ1) is 14.6. The van der Waals surface area contributed by atoms with Crippen molar-refractivity contribution in [2.75, 3.05) is 12.4 Å². The zero-order valence-electron chi connectivity index (χ0n) is 18.3. The Hall–Kier alpha value is -2.98. The van der Waals surface area contributed by atoms with E-state index in [-0.39, 0.29) is 17.2 Å². The van der Waals surface area contributed by atoms with Crippen LogP contribution in [0.3, 0.4) is 0 Å². The van der Waals surface area contributed by atoms with Gasteiger partial charge < -0.3 is 10.1 Å². The fourth-order valence-electron chi connectivity index (χ4n) is 3.76. The van der Waals surface area contributed by atoms with E-state index in [4.69, 9.17) is 9.88 Å². The molecule has 0 unspecified atom stereocenters. The van der Waals surface area contributed by atoms with Crippen LogP contribution in [0.15, 0.2) is 23.1 Å². The predicted octanol–water partition coefficient (Wildman–Crippen LogP) is 2.37. The molecule has 31 heavy (non-hydrogen) atoms. The second-order valence-corrected chi connectivity index (χ2v) is 8.93. The van der Waals surface area contributed by atoms with Gasteiger partial charge in [-0.3, -0.25) is 4.79 Å². The Morgan fingerprint density at radius 3 is 2.61 bits per heavy atom. The number of nitrogens with one attached hydrogen (secondary N) is 1. The minimum absolute atomic E-state index is 0.0258. The molecular weight excluding hydrogens is 418 g/mol. The molecule has 3 aromatic rings. The Labute approximate surface area is 181 Å². The summed E-state index contributed by atoms with van der Waals surface area (Å²) in [6, 6.07) is 4.74. The number of methoxy groups -OCH3 is 1. The number of pyridine rings is 1. The van der Waals surface area contributed by atoms with Gasteiger partial charge >= 0.3 is 0 Å². The van der Waals surface area contributed by atoms with Crippen molar-refractivity contribution in [2.45, 2.75) is 44.9 Å². The number of aromatic nitrogens is 3. The number of rotatable bonds is 7. The second-order valence-electron chi connectivity index (χ2n) is 7.40. The van der Waals surface area contributed by atoms with E-state index in [9.17, 15) is 13.2 Å². The fourth-order valence-corrected chi connectivity index (χ4v) is 4.63. The van der Waals surface area contributed by atoms with Crippen LogP contribution in [-0.4, -0.2) is 36.2 Å².